The highest BCUT2D eigenvalue weighted by molar-refractivity contribution is 7.45. The molecule has 394 valence electrons. The Morgan fingerprint density at radius 2 is 0.881 bits per heavy atom. The van der Waals surface area contributed by atoms with Gasteiger partial charge in [0.2, 0.25) is 5.91 Å². The molecule has 9 heteroatoms. The largest absolute Gasteiger partial charge is 0.756 e. The maximum Gasteiger partial charge on any atom is 0.268 e. The molecule has 8 nitrogen and oxygen atoms in total. The van der Waals surface area contributed by atoms with E-state index in [0.717, 1.165) is 44.9 Å². The van der Waals surface area contributed by atoms with Crippen LogP contribution in [0.4, 0.5) is 0 Å². The number of unbranched alkanes of at least 4 members (excludes halogenated alkanes) is 33. The van der Waals surface area contributed by atoms with Gasteiger partial charge < -0.3 is 28.8 Å². The summed E-state index contributed by atoms with van der Waals surface area (Å²) in [7, 11) is 1.25. The lowest BCUT2D eigenvalue weighted by molar-refractivity contribution is -0.870. The first kappa shape index (κ1) is 65.5. The first-order valence-corrected chi connectivity index (χ1v) is 30.0. The average Bonchev–Trinajstić information content (AvgIpc) is 3.29. The molecule has 0 aromatic rings. The molecule has 3 unspecified atom stereocenters. The Bertz CT molecular complexity index is 1230. The van der Waals surface area contributed by atoms with Crippen LogP contribution in [0.1, 0.15) is 264 Å². The Hall–Kier alpha value is -1.54. The van der Waals surface area contributed by atoms with Crippen molar-refractivity contribution in [3.8, 4) is 0 Å². The van der Waals surface area contributed by atoms with Gasteiger partial charge in [0, 0.05) is 6.42 Å². The van der Waals surface area contributed by atoms with Crippen LogP contribution in [0.5, 0.6) is 0 Å². The lowest BCUT2D eigenvalue weighted by atomic mass is 10.0. The van der Waals surface area contributed by atoms with Crippen LogP contribution in [0, 0.1) is 0 Å². The van der Waals surface area contributed by atoms with Crippen LogP contribution in [0.15, 0.2) is 48.6 Å². The number of nitrogens with one attached hydrogen (secondary N) is 1. The molecule has 0 bridgehead atoms. The second kappa shape index (κ2) is 49.4. The Morgan fingerprint density at radius 3 is 1.30 bits per heavy atom. The minimum Gasteiger partial charge on any atom is -0.756 e. The Labute approximate surface area is 416 Å². The van der Waals surface area contributed by atoms with Crippen LogP contribution in [-0.4, -0.2) is 68.5 Å². The number of likely N-dealkylation sites (N-methyl/N-ethyl adjacent to an activating group) is 1. The number of aliphatic hydroxyl groups is 1. The van der Waals surface area contributed by atoms with Crippen molar-refractivity contribution >= 4 is 13.7 Å². The van der Waals surface area contributed by atoms with Gasteiger partial charge in [0.05, 0.1) is 39.9 Å². The van der Waals surface area contributed by atoms with E-state index in [9.17, 15) is 19.4 Å². The van der Waals surface area contributed by atoms with Crippen molar-refractivity contribution in [1.29, 1.82) is 0 Å². The van der Waals surface area contributed by atoms with Gasteiger partial charge in [-0.25, -0.2) is 0 Å². The summed E-state index contributed by atoms with van der Waals surface area (Å²) in [6.45, 7) is 4.64. The van der Waals surface area contributed by atoms with E-state index in [1.165, 1.54) is 199 Å². The quantitative estimate of drug-likeness (QED) is 0.0272. The number of amides is 1. The van der Waals surface area contributed by atoms with E-state index in [0.29, 0.717) is 17.4 Å². The summed E-state index contributed by atoms with van der Waals surface area (Å²) >= 11 is 0. The number of quaternary nitrogens is 1. The molecule has 0 radical (unpaired) electrons. The molecule has 0 aliphatic rings. The molecule has 0 fully saturated rings. The highest BCUT2D eigenvalue weighted by Crippen LogP contribution is 2.38. The molecule has 3 atom stereocenters. The zero-order valence-electron chi connectivity index (χ0n) is 44.9. The predicted molar refractivity (Wildman–Crippen MR) is 288 cm³/mol. The van der Waals surface area contributed by atoms with Crippen LogP contribution in [0.2, 0.25) is 0 Å². The van der Waals surface area contributed by atoms with Gasteiger partial charge in [0.25, 0.3) is 7.82 Å². The van der Waals surface area contributed by atoms with Crippen molar-refractivity contribution < 1.29 is 32.9 Å². The molecule has 0 aromatic carbocycles. The number of hydrogen-bond donors (Lipinski definition) is 2. The van der Waals surface area contributed by atoms with Crippen molar-refractivity contribution in [3.05, 3.63) is 48.6 Å². The molecule has 0 saturated heterocycles. The van der Waals surface area contributed by atoms with Gasteiger partial charge in [-0.15, -0.1) is 0 Å². The molecule has 0 saturated carbocycles. The minimum atomic E-state index is -4.60. The molecule has 0 aromatic heterocycles. The molecule has 0 aliphatic carbocycles. The van der Waals surface area contributed by atoms with Gasteiger partial charge in [-0.05, 0) is 64.2 Å². The molecule has 0 aliphatic heterocycles. The highest BCUT2D eigenvalue weighted by Gasteiger charge is 2.23. The topological polar surface area (TPSA) is 108 Å². The minimum absolute atomic E-state index is 0.00682. The second-order valence-electron chi connectivity index (χ2n) is 20.6. The van der Waals surface area contributed by atoms with Crippen LogP contribution in [0.25, 0.3) is 0 Å². The van der Waals surface area contributed by atoms with Gasteiger partial charge in [0.1, 0.15) is 13.2 Å². The third-order valence-corrected chi connectivity index (χ3v) is 13.7. The summed E-state index contributed by atoms with van der Waals surface area (Å²) in [4.78, 5) is 25.5. The van der Waals surface area contributed by atoms with Crippen molar-refractivity contribution in [2.45, 2.75) is 276 Å². The van der Waals surface area contributed by atoms with Crippen LogP contribution < -0.4 is 10.2 Å². The average molecular weight is 964 g/mol. The van der Waals surface area contributed by atoms with E-state index in [1.807, 2.05) is 27.2 Å². The van der Waals surface area contributed by atoms with Gasteiger partial charge in [-0.3, -0.25) is 9.36 Å². The summed E-state index contributed by atoms with van der Waals surface area (Å²) < 4.78 is 23.3. The third-order valence-electron chi connectivity index (χ3n) is 12.8. The zero-order chi connectivity index (χ0) is 49.2. The fourth-order valence-electron chi connectivity index (χ4n) is 8.26. The number of carbonyl (C=O) groups excluding carboxylic acids is 1. The first-order valence-electron chi connectivity index (χ1n) is 28.5. The summed E-state index contributed by atoms with van der Waals surface area (Å²) in [5.74, 6) is -0.207. The van der Waals surface area contributed by atoms with Crippen molar-refractivity contribution in [1.82, 2.24) is 5.32 Å². The number of aliphatic hydroxyl groups excluding tert-OH is 1. The molecule has 67 heavy (non-hydrogen) atoms. The standard InChI is InChI=1S/C58H111N2O6P/c1-6-8-10-12-14-16-18-20-22-24-25-26-27-28-29-30-31-32-33-34-35-36-38-40-42-44-46-48-50-52-58(62)59-56(55-66-67(63,64)65-54-53-60(3,4)5)57(61)51-49-47-45-43-41-39-37-23-21-19-17-15-13-11-9-7-2/h25-26,28-29,41,43,49,51,56-57,61H,6-24,27,30-40,42,44-48,50,52-55H2,1-5H3,(H-,59,62,63,64)/b26-25-,29-28-,43-41+,51-49+. The first-order chi connectivity index (χ1) is 32.5. The predicted octanol–water partition coefficient (Wildman–Crippen LogP) is 16.5. The Kier molecular flexibility index (Phi) is 48.3. The molecule has 2 N–H and O–H groups in total. The summed E-state index contributed by atoms with van der Waals surface area (Å²) in [5.41, 5.74) is 0. The number of phosphoric ester groups is 1. The Morgan fingerprint density at radius 1 is 0.522 bits per heavy atom. The fourth-order valence-corrected chi connectivity index (χ4v) is 8.98. The number of rotatable bonds is 52. The molecular formula is C58H111N2O6P. The number of hydrogen-bond acceptors (Lipinski definition) is 6. The Balaban J connectivity index is 4.17. The van der Waals surface area contributed by atoms with E-state index >= 15 is 0 Å². The maximum atomic E-state index is 12.9. The fraction of sp³-hybridized carbons (Fsp3) is 0.845. The smallest absolute Gasteiger partial charge is 0.268 e. The molecule has 0 spiro atoms. The molecule has 0 heterocycles. The lowest BCUT2D eigenvalue weighted by Gasteiger charge is -2.29. The van der Waals surface area contributed by atoms with Gasteiger partial charge in [-0.2, -0.15) is 0 Å². The number of phosphoric acid groups is 1. The zero-order valence-corrected chi connectivity index (χ0v) is 45.7. The number of carbonyl (C=O) groups is 1. The van der Waals surface area contributed by atoms with E-state index in [4.69, 9.17) is 9.05 Å². The summed E-state index contributed by atoms with van der Waals surface area (Å²) in [6.07, 6.45) is 64.8. The van der Waals surface area contributed by atoms with Crippen molar-refractivity contribution in [3.63, 3.8) is 0 Å². The van der Waals surface area contributed by atoms with Crippen molar-refractivity contribution in [2.75, 3.05) is 40.9 Å². The van der Waals surface area contributed by atoms with Crippen LogP contribution in [-0.2, 0) is 18.4 Å². The van der Waals surface area contributed by atoms with E-state index in [1.54, 1.807) is 6.08 Å². The molecule has 1 amide bonds. The lowest BCUT2D eigenvalue weighted by Crippen LogP contribution is -2.45. The molecular weight excluding hydrogens is 852 g/mol. The number of allylic oxidation sites excluding steroid dienone is 7. The molecule has 0 rings (SSSR count). The number of nitrogens with zero attached hydrogens (tertiary/aromatic N) is 1. The monoisotopic (exact) mass is 963 g/mol. The van der Waals surface area contributed by atoms with E-state index in [-0.39, 0.29) is 12.5 Å². The van der Waals surface area contributed by atoms with Crippen LogP contribution in [0.3, 0.4) is 0 Å². The van der Waals surface area contributed by atoms with Crippen molar-refractivity contribution in [2.24, 2.45) is 0 Å². The van der Waals surface area contributed by atoms with Crippen LogP contribution >= 0.6 is 7.82 Å². The summed E-state index contributed by atoms with van der Waals surface area (Å²) in [5, 5.41) is 13.8. The SMILES string of the molecule is CCCCCCCCCCC/C=C\C/C=C\CCCCCCCCCCCCCCCC(=O)NC(COP(=O)([O-])OCC[N+](C)(C)C)C(O)/C=C/CC/C=C/CCCCCCCCCCCC. The van der Waals surface area contributed by atoms with E-state index in [2.05, 4.69) is 55.6 Å². The van der Waals surface area contributed by atoms with Gasteiger partial charge >= 0.3 is 0 Å². The van der Waals surface area contributed by atoms with E-state index < -0.39 is 26.6 Å². The maximum absolute atomic E-state index is 12.9. The summed E-state index contributed by atoms with van der Waals surface area (Å²) in [6, 6.07) is -0.904. The van der Waals surface area contributed by atoms with Gasteiger partial charge in [0.15, 0.2) is 0 Å². The second-order valence-corrected chi connectivity index (χ2v) is 22.0. The van der Waals surface area contributed by atoms with Gasteiger partial charge in [-0.1, -0.05) is 242 Å². The normalized spacial score (nSPS) is 14.3. The third kappa shape index (κ3) is 52.1. The highest BCUT2D eigenvalue weighted by atomic mass is 31.2.